The largest absolute Gasteiger partial charge is 0.284 e. The number of rotatable bonds is 5. The summed E-state index contributed by atoms with van der Waals surface area (Å²) in [5.41, 5.74) is 0. The molecule has 0 aromatic carbocycles. The molecule has 0 saturated carbocycles. The van der Waals surface area contributed by atoms with Crippen LogP contribution in [0.3, 0.4) is 0 Å². The summed E-state index contributed by atoms with van der Waals surface area (Å²) >= 11 is 3.38. The topological polar surface area (TPSA) is 66.1 Å². The van der Waals surface area contributed by atoms with E-state index in [2.05, 4.69) is 26.1 Å². The SMILES string of the molecule is O=S(=O)(c1cn[nH]c1)N1CCCC1CCCBr. The van der Waals surface area contributed by atoms with Gasteiger partial charge in [-0.2, -0.15) is 9.40 Å². The Hall–Kier alpha value is -0.400. The lowest BCUT2D eigenvalue weighted by Gasteiger charge is -2.23. The van der Waals surface area contributed by atoms with Gasteiger partial charge in [0.25, 0.3) is 0 Å². The van der Waals surface area contributed by atoms with Crippen LogP contribution in [0.15, 0.2) is 17.3 Å². The molecule has 1 fully saturated rings. The van der Waals surface area contributed by atoms with E-state index < -0.39 is 10.0 Å². The van der Waals surface area contributed by atoms with E-state index >= 15 is 0 Å². The van der Waals surface area contributed by atoms with Crippen LogP contribution in [-0.4, -0.2) is 40.8 Å². The van der Waals surface area contributed by atoms with Gasteiger partial charge in [0.05, 0.1) is 6.20 Å². The van der Waals surface area contributed by atoms with Gasteiger partial charge in [0, 0.05) is 24.1 Å². The van der Waals surface area contributed by atoms with Crippen molar-refractivity contribution in [3.8, 4) is 0 Å². The third-order valence-electron chi connectivity index (χ3n) is 3.07. The molecule has 1 aliphatic rings. The highest BCUT2D eigenvalue weighted by Crippen LogP contribution is 2.28. The Morgan fingerprint density at radius 1 is 1.59 bits per heavy atom. The quantitative estimate of drug-likeness (QED) is 0.840. The second kappa shape index (κ2) is 5.49. The molecule has 2 rings (SSSR count). The van der Waals surface area contributed by atoms with Crippen LogP contribution in [0, 0.1) is 0 Å². The lowest BCUT2D eigenvalue weighted by Crippen LogP contribution is -2.35. The smallest absolute Gasteiger partial charge is 0.246 e. The molecule has 1 N–H and O–H groups in total. The number of nitrogens with zero attached hydrogens (tertiary/aromatic N) is 2. The number of alkyl halides is 1. The van der Waals surface area contributed by atoms with Gasteiger partial charge in [0.15, 0.2) is 0 Å². The average molecular weight is 322 g/mol. The van der Waals surface area contributed by atoms with Crippen LogP contribution in [0.2, 0.25) is 0 Å². The van der Waals surface area contributed by atoms with E-state index in [0.717, 1.165) is 31.0 Å². The van der Waals surface area contributed by atoms with E-state index in [9.17, 15) is 8.42 Å². The minimum atomic E-state index is -3.35. The zero-order valence-corrected chi connectivity index (χ0v) is 11.9. The maximum atomic E-state index is 12.3. The monoisotopic (exact) mass is 321 g/mol. The number of sulfonamides is 1. The first kappa shape index (κ1) is 13.0. The van der Waals surface area contributed by atoms with Crippen molar-refractivity contribution in [3.05, 3.63) is 12.4 Å². The van der Waals surface area contributed by atoms with Crippen molar-refractivity contribution in [3.63, 3.8) is 0 Å². The fourth-order valence-corrected chi connectivity index (χ4v) is 4.20. The Kier molecular flexibility index (Phi) is 4.22. The predicted molar refractivity (Wildman–Crippen MR) is 68.5 cm³/mol. The molecule has 7 heteroatoms. The number of hydrogen-bond acceptors (Lipinski definition) is 3. The maximum absolute atomic E-state index is 12.3. The molecule has 5 nitrogen and oxygen atoms in total. The number of hydrogen-bond donors (Lipinski definition) is 1. The molecular weight excluding hydrogens is 306 g/mol. The standard InChI is InChI=1S/C10H16BrN3O2S/c11-5-1-3-9-4-2-6-14(9)17(15,16)10-7-12-13-8-10/h7-9H,1-6H2,(H,12,13). The summed E-state index contributed by atoms with van der Waals surface area (Å²) in [6.07, 6.45) is 6.64. The van der Waals surface area contributed by atoms with Crippen LogP contribution in [0.4, 0.5) is 0 Å². The minimum absolute atomic E-state index is 0.146. The molecule has 1 aliphatic heterocycles. The van der Waals surface area contributed by atoms with Gasteiger partial charge in [0.2, 0.25) is 10.0 Å². The number of halogens is 1. The first-order valence-electron chi connectivity index (χ1n) is 5.73. The molecule has 17 heavy (non-hydrogen) atoms. The molecule has 0 bridgehead atoms. The van der Waals surface area contributed by atoms with Crippen molar-refractivity contribution in [2.75, 3.05) is 11.9 Å². The molecule has 0 aliphatic carbocycles. The van der Waals surface area contributed by atoms with Gasteiger partial charge >= 0.3 is 0 Å². The number of H-pyrrole nitrogens is 1. The summed E-state index contributed by atoms with van der Waals surface area (Å²) in [5, 5.41) is 7.18. The Labute approximate surface area is 110 Å². The van der Waals surface area contributed by atoms with Crippen molar-refractivity contribution in [1.29, 1.82) is 0 Å². The fourth-order valence-electron chi connectivity index (χ4n) is 2.24. The molecule has 0 amide bonds. The van der Waals surface area contributed by atoms with E-state index in [0.29, 0.717) is 6.54 Å². The van der Waals surface area contributed by atoms with Crippen LogP contribution >= 0.6 is 15.9 Å². The van der Waals surface area contributed by atoms with Crippen molar-refractivity contribution in [2.24, 2.45) is 0 Å². The lowest BCUT2D eigenvalue weighted by atomic mass is 10.1. The highest BCUT2D eigenvalue weighted by Gasteiger charge is 2.35. The summed E-state index contributed by atoms with van der Waals surface area (Å²) in [7, 11) is -3.35. The van der Waals surface area contributed by atoms with Gasteiger partial charge in [-0.15, -0.1) is 0 Å². The van der Waals surface area contributed by atoms with Gasteiger partial charge in [0.1, 0.15) is 4.90 Å². The molecular formula is C10H16BrN3O2S. The molecule has 1 aromatic rings. The van der Waals surface area contributed by atoms with Gasteiger partial charge in [-0.25, -0.2) is 8.42 Å². The van der Waals surface area contributed by atoms with E-state index in [1.807, 2.05) is 0 Å². The van der Waals surface area contributed by atoms with Crippen LogP contribution < -0.4 is 0 Å². The zero-order chi connectivity index (χ0) is 12.3. The van der Waals surface area contributed by atoms with Crippen LogP contribution in [0.5, 0.6) is 0 Å². The Morgan fingerprint density at radius 2 is 2.41 bits per heavy atom. The highest BCUT2D eigenvalue weighted by molar-refractivity contribution is 9.09. The fraction of sp³-hybridized carbons (Fsp3) is 0.700. The second-order valence-corrected chi connectivity index (χ2v) is 6.86. The minimum Gasteiger partial charge on any atom is -0.284 e. The maximum Gasteiger partial charge on any atom is 0.246 e. The molecule has 2 heterocycles. The third kappa shape index (κ3) is 2.71. The number of aromatic nitrogens is 2. The third-order valence-corrected chi connectivity index (χ3v) is 5.55. The second-order valence-electron chi connectivity index (χ2n) is 4.18. The number of nitrogens with one attached hydrogen (secondary N) is 1. The molecule has 1 saturated heterocycles. The molecule has 1 aromatic heterocycles. The van der Waals surface area contributed by atoms with Gasteiger partial charge in [-0.1, -0.05) is 15.9 Å². The van der Waals surface area contributed by atoms with Crippen molar-refractivity contribution in [1.82, 2.24) is 14.5 Å². The zero-order valence-electron chi connectivity index (χ0n) is 9.47. The summed E-state index contributed by atoms with van der Waals surface area (Å²) in [4.78, 5) is 0.267. The van der Waals surface area contributed by atoms with E-state index in [1.165, 1.54) is 12.4 Å². The van der Waals surface area contributed by atoms with Crippen molar-refractivity contribution >= 4 is 26.0 Å². The summed E-state index contributed by atoms with van der Waals surface area (Å²) in [6.45, 7) is 0.625. The normalized spacial score (nSPS) is 22.1. The van der Waals surface area contributed by atoms with Crippen LogP contribution in [-0.2, 0) is 10.0 Å². The summed E-state index contributed by atoms with van der Waals surface area (Å²) in [6, 6.07) is 0.146. The van der Waals surface area contributed by atoms with Gasteiger partial charge in [-0.3, -0.25) is 5.10 Å². The Bertz CT molecular complexity index is 446. The highest BCUT2D eigenvalue weighted by atomic mass is 79.9. The van der Waals surface area contributed by atoms with Gasteiger partial charge < -0.3 is 0 Å². The lowest BCUT2D eigenvalue weighted by molar-refractivity contribution is 0.369. The molecule has 0 radical (unpaired) electrons. The van der Waals surface area contributed by atoms with Gasteiger partial charge in [-0.05, 0) is 25.7 Å². The Balaban J connectivity index is 2.15. The van der Waals surface area contributed by atoms with Crippen molar-refractivity contribution in [2.45, 2.75) is 36.6 Å². The Morgan fingerprint density at radius 3 is 3.06 bits per heavy atom. The molecule has 1 atom stereocenters. The number of aromatic amines is 1. The van der Waals surface area contributed by atoms with Crippen LogP contribution in [0.25, 0.3) is 0 Å². The first-order valence-corrected chi connectivity index (χ1v) is 8.29. The van der Waals surface area contributed by atoms with E-state index in [1.54, 1.807) is 4.31 Å². The first-order chi connectivity index (χ1) is 8.16. The average Bonchev–Trinajstić information content (AvgIpc) is 2.97. The van der Waals surface area contributed by atoms with E-state index in [4.69, 9.17) is 0 Å². The molecule has 1 unspecified atom stereocenters. The summed E-state index contributed by atoms with van der Waals surface area (Å²) < 4.78 is 26.3. The van der Waals surface area contributed by atoms with E-state index in [-0.39, 0.29) is 10.9 Å². The predicted octanol–water partition coefficient (Wildman–Crippen LogP) is 1.74. The molecule has 0 spiro atoms. The van der Waals surface area contributed by atoms with Crippen molar-refractivity contribution < 1.29 is 8.42 Å². The van der Waals surface area contributed by atoms with Crippen LogP contribution in [0.1, 0.15) is 25.7 Å². The molecule has 96 valence electrons. The summed E-state index contributed by atoms with van der Waals surface area (Å²) in [5.74, 6) is 0.